The van der Waals surface area contributed by atoms with E-state index in [1.54, 1.807) is 23.5 Å². The molecule has 0 aliphatic rings. The van der Waals surface area contributed by atoms with Gasteiger partial charge in [-0.15, -0.1) is 0 Å². The summed E-state index contributed by atoms with van der Waals surface area (Å²) in [6.07, 6.45) is 0. The van der Waals surface area contributed by atoms with E-state index in [1.807, 2.05) is 80.7 Å². The Balaban J connectivity index is 1.55. The zero-order chi connectivity index (χ0) is 23.8. The Morgan fingerprint density at radius 1 is 0.882 bits per heavy atom. The summed E-state index contributed by atoms with van der Waals surface area (Å²) in [4.78, 5) is 18.3. The maximum atomic E-state index is 13.5. The summed E-state index contributed by atoms with van der Waals surface area (Å²) in [5, 5.41) is 12.8. The van der Waals surface area contributed by atoms with E-state index in [1.165, 1.54) is 0 Å². The number of methoxy groups -OCH3 is 1. The molecule has 0 fully saturated rings. The van der Waals surface area contributed by atoms with Gasteiger partial charge in [0.2, 0.25) is 0 Å². The Labute approximate surface area is 196 Å². The molecule has 8 heteroatoms. The molecular formula is C26H24N6O2. The van der Waals surface area contributed by atoms with Crippen molar-refractivity contribution in [2.24, 2.45) is 14.1 Å². The lowest BCUT2D eigenvalue weighted by Gasteiger charge is -2.09. The maximum Gasteiger partial charge on any atom is 0.257 e. The zero-order valence-corrected chi connectivity index (χ0v) is 19.4. The average molecular weight is 453 g/mol. The highest BCUT2D eigenvalue weighted by Gasteiger charge is 2.20. The van der Waals surface area contributed by atoms with Crippen molar-refractivity contribution in [1.82, 2.24) is 24.5 Å². The van der Waals surface area contributed by atoms with Gasteiger partial charge in [-0.2, -0.15) is 10.2 Å². The van der Waals surface area contributed by atoms with Gasteiger partial charge < -0.3 is 10.1 Å². The van der Waals surface area contributed by atoms with Crippen LogP contribution in [-0.4, -0.2) is 37.6 Å². The van der Waals surface area contributed by atoms with Gasteiger partial charge in [0.1, 0.15) is 11.6 Å². The summed E-state index contributed by atoms with van der Waals surface area (Å²) in [6.45, 7) is 1.88. The zero-order valence-electron chi connectivity index (χ0n) is 19.4. The van der Waals surface area contributed by atoms with E-state index < -0.39 is 0 Å². The fourth-order valence-corrected chi connectivity index (χ4v) is 4.07. The van der Waals surface area contributed by atoms with Crippen LogP contribution in [0.3, 0.4) is 0 Å². The van der Waals surface area contributed by atoms with Gasteiger partial charge in [-0.3, -0.25) is 14.2 Å². The van der Waals surface area contributed by atoms with Crippen LogP contribution in [0.2, 0.25) is 0 Å². The number of nitrogens with zero attached hydrogens (tertiary/aromatic N) is 5. The molecule has 170 valence electrons. The molecule has 0 bridgehead atoms. The van der Waals surface area contributed by atoms with E-state index in [9.17, 15) is 4.79 Å². The van der Waals surface area contributed by atoms with Crippen LogP contribution in [0, 0.1) is 6.92 Å². The molecule has 0 aliphatic heterocycles. The molecule has 0 unspecified atom stereocenters. The van der Waals surface area contributed by atoms with Crippen LogP contribution < -0.4 is 10.1 Å². The smallest absolute Gasteiger partial charge is 0.257 e. The average Bonchev–Trinajstić information content (AvgIpc) is 3.37. The van der Waals surface area contributed by atoms with Crippen molar-refractivity contribution in [2.45, 2.75) is 6.92 Å². The second-order valence-corrected chi connectivity index (χ2v) is 8.05. The molecular weight excluding hydrogens is 428 g/mol. The number of nitrogens with one attached hydrogen (secondary N) is 1. The predicted molar refractivity (Wildman–Crippen MR) is 132 cm³/mol. The number of carbonyl (C=O) groups is 1. The van der Waals surface area contributed by atoms with Crippen LogP contribution in [0.4, 0.5) is 5.82 Å². The molecule has 3 aromatic heterocycles. The maximum absolute atomic E-state index is 13.5. The number of aromatic nitrogens is 5. The minimum Gasteiger partial charge on any atom is -0.497 e. The number of pyridine rings is 1. The molecule has 0 spiro atoms. The van der Waals surface area contributed by atoms with Gasteiger partial charge in [-0.05, 0) is 25.1 Å². The first-order valence-corrected chi connectivity index (χ1v) is 10.8. The third-order valence-corrected chi connectivity index (χ3v) is 5.77. The Hall–Kier alpha value is -4.46. The van der Waals surface area contributed by atoms with E-state index in [4.69, 9.17) is 9.72 Å². The fourth-order valence-electron chi connectivity index (χ4n) is 4.07. The topological polar surface area (TPSA) is 86.9 Å². The molecule has 34 heavy (non-hydrogen) atoms. The van der Waals surface area contributed by atoms with Crippen molar-refractivity contribution in [3.8, 4) is 28.3 Å². The molecule has 2 aromatic carbocycles. The van der Waals surface area contributed by atoms with E-state index >= 15 is 0 Å². The molecule has 8 nitrogen and oxygen atoms in total. The molecule has 0 atom stereocenters. The van der Waals surface area contributed by atoms with Gasteiger partial charge in [0, 0.05) is 31.3 Å². The molecule has 3 heterocycles. The number of benzene rings is 2. The molecule has 5 aromatic rings. The lowest BCUT2D eigenvalue weighted by molar-refractivity contribution is 0.102. The minimum atomic E-state index is -0.249. The number of hydrogen-bond donors (Lipinski definition) is 1. The first-order valence-electron chi connectivity index (χ1n) is 10.8. The van der Waals surface area contributed by atoms with Gasteiger partial charge in [0.15, 0.2) is 5.65 Å². The van der Waals surface area contributed by atoms with Gasteiger partial charge in [-0.25, -0.2) is 4.98 Å². The highest BCUT2D eigenvalue weighted by atomic mass is 16.5. The van der Waals surface area contributed by atoms with Crippen molar-refractivity contribution in [2.75, 3.05) is 12.4 Å². The fraction of sp³-hybridized carbons (Fsp3) is 0.154. The van der Waals surface area contributed by atoms with E-state index in [0.29, 0.717) is 22.7 Å². The number of aryl methyl sites for hydroxylation is 3. The predicted octanol–water partition coefficient (Wildman–Crippen LogP) is 4.61. The lowest BCUT2D eigenvalue weighted by Crippen LogP contribution is -2.15. The normalized spacial score (nSPS) is 11.1. The van der Waals surface area contributed by atoms with Crippen LogP contribution in [0.1, 0.15) is 16.1 Å². The van der Waals surface area contributed by atoms with Crippen LogP contribution in [0.25, 0.3) is 33.5 Å². The van der Waals surface area contributed by atoms with Crippen molar-refractivity contribution < 1.29 is 9.53 Å². The summed E-state index contributed by atoms with van der Waals surface area (Å²) in [7, 11) is 5.26. The molecule has 0 saturated heterocycles. The minimum absolute atomic E-state index is 0.249. The molecule has 0 aliphatic carbocycles. The van der Waals surface area contributed by atoms with Crippen molar-refractivity contribution in [1.29, 1.82) is 0 Å². The Kier molecular flexibility index (Phi) is 5.33. The van der Waals surface area contributed by atoms with Gasteiger partial charge >= 0.3 is 0 Å². The summed E-state index contributed by atoms with van der Waals surface area (Å²) in [6, 6.07) is 21.1. The van der Waals surface area contributed by atoms with E-state index in [2.05, 4.69) is 15.5 Å². The van der Waals surface area contributed by atoms with Crippen molar-refractivity contribution >= 4 is 22.8 Å². The Bertz CT molecular complexity index is 1520. The number of rotatable bonds is 5. The quantitative estimate of drug-likeness (QED) is 0.421. The second kappa shape index (κ2) is 8.47. The number of carbonyl (C=O) groups excluding carboxylic acids is 1. The summed E-state index contributed by atoms with van der Waals surface area (Å²) in [5.74, 6) is 1.07. The van der Waals surface area contributed by atoms with E-state index in [-0.39, 0.29) is 5.91 Å². The highest BCUT2D eigenvalue weighted by Crippen LogP contribution is 2.29. The number of ether oxygens (including phenoxy) is 1. The number of hydrogen-bond acceptors (Lipinski definition) is 5. The first-order chi connectivity index (χ1) is 16.4. The standard InChI is InChI=1S/C26H24N6O2/c1-16-24-20(14-21(17-9-6-5-7-10-17)27-25(24)32(3)29-16)26(33)28-23-15-22(30-31(23)2)18-11-8-12-19(13-18)34-4/h5-15H,1-4H3,(H,28,33). The number of fused-ring (bicyclic) bond motifs is 1. The Morgan fingerprint density at radius 2 is 1.65 bits per heavy atom. The lowest BCUT2D eigenvalue weighted by atomic mass is 10.0. The molecule has 5 rings (SSSR count). The SMILES string of the molecule is COc1cccc(-c2cc(NC(=O)c3cc(-c4ccccc4)nc4c3c(C)nn4C)n(C)n2)c1. The summed E-state index contributed by atoms with van der Waals surface area (Å²) in [5.41, 5.74) is 5.19. The molecule has 0 saturated carbocycles. The second-order valence-electron chi connectivity index (χ2n) is 8.05. The highest BCUT2D eigenvalue weighted by molar-refractivity contribution is 6.13. The monoisotopic (exact) mass is 452 g/mol. The van der Waals surface area contributed by atoms with E-state index in [0.717, 1.165) is 33.7 Å². The summed E-state index contributed by atoms with van der Waals surface area (Å²) >= 11 is 0. The van der Waals surface area contributed by atoms with Crippen molar-refractivity contribution in [3.05, 3.63) is 78.0 Å². The largest absolute Gasteiger partial charge is 0.497 e. The third-order valence-electron chi connectivity index (χ3n) is 5.77. The van der Waals surface area contributed by atoms with Gasteiger partial charge in [-0.1, -0.05) is 42.5 Å². The number of anilines is 1. The van der Waals surface area contributed by atoms with Gasteiger partial charge in [0.05, 0.1) is 35.1 Å². The molecule has 1 amide bonds. The van der Waals surface area contributed by atoms with Crippen LogP contribution in [0.5, 0.6) is 5.75 Å². The summed E-state index contributed by atoms with van der Waals surface area (Å²) < 4.78 is 8.68. The van der Waals surface area contributed by atoms with Crippen LogP contribution in [0.15, 0.2) is 66.7 Å². The van der Waals surface area contributed by atoms with Crippen LogP contribution >= 0.6 is 0 Å². The number of amides is 1. The van der Waals surface area contributed by atoms with Gasteiger partial charge in [0.25, 0.3) is 5.91 Å². The first kappa shape index (κ1) is 21.4. The third kappa shape index (κ3) is 3.79. The molecule has 0 radical (unpaired) electrons. The Morgan fingerprint density at radius 3 is 2.41 bits per heavy atom. The molecule has 1 N–H and O–H groups in total. The van der Waals surface area contributed by atoms with Crippen molar-refractivity contribution in [3.63, 3.8) is 0 Å². The van der Waals surface area contributed by atoms with Crippen LogP contribution in [-0.2, 0) is 14.1 Å².